The van der Waals surface area contributed by atoms with Crippen molar-refractivity contribution in [3.8, 4) is 16.8 Å². The van der Waals surface area contributed by atoms with Crippen LogP contribution in [0.5, 0.6) is 0 Å². The van der Waals surface area contributed by atoms with Crippen LogP contribution in [0.4, 0.5) is 17.1 Å². The van der Waals surface area contributed by atoms with Gasteiger partial charge in [0, 0.05) is 38.7 Å². The van der Waals surface area contributed by atoms with E-state index in [0.717, 1.165) is 11.4 Å². The van der Waals surface area contributed by atoms with Crippen LogP contribution in [0.3, 0.4) is 0 Å². The molecular formula is C50H38N2. The van der Waals surface area contributed by atoms with Gasteiger partial charge in [-0.2, -0.15) is 0 Å². The Morgan fingerprint density at radius 1 is 0.404 bits per heavy atom. The van der Waals surface area contributed by atoms with Gasteiger partial charge in [0.2, 0.25) is 0 Å². The minimum atomic E-state index is -0.220. The van der Waals surface area contributed by atoms with Gasteiger partial charge in [-0.25, -0.2) is 0 Å². The minimum Gasteiger partial charge on any atom is -0.310 e. The van der Waals surface area contributed by atoms with Gasteiger partial charge in [0.15, 0.2) is 0 Å². The van der Waals surface area contributed by atoms with E-state index in [2.05, 4.69) is 195 Å². The van der Waals surface area contributed by atoms with Crippen LogP contribution in [-0.2, 0) is 10.8 Å². The highest BCUT2D eigenvalue weighted by Gasteiger charge is 2.44. The van der Waals surface area contributed by atoms with E-state index >= 15 is 0 Å². The van der Waals surface area contributed by atoms with Crippen LogP contribution in [0.15, 0.2) is 158 Å². The second-order valence-electron chi connectivity index (χ2n) is 15.8. The quantitative estimate of drug-likeness (QED) is 0.181. The highest BCUT2D eigenvalue weighted by atomic mass is 15.1. The third-order valence-corrected chi connectivity index (χ3v) is 12.3. The minimum absolute atomic E-state index is 0.188. The molecule has 0 fully saturated rings. The Labute approximate surface area is 304 Å². The fourth-order valence-electron chi connectivity index (χ4n) is 9.62. The number of hydrogen-bond donors (Lipinski definition) is 0. The molecule has 2 aliphatic rings. The lowest BCUT2D eigenvalue weighted by Crippen LogP contribution is -2.33. The van der Waals surface area contributed by atoms with E-state index in [1.807, 2.05) is 0 Å². The molecule has 0 atom stereocenters. The van der Waals surface area contributed by atoms with Gasteiger partial charge >= 0.3 is 0 Å². The van der Waals surface area contributed by atoms with Gasteiger partial charge in [-0.15, -0.1) is 0 Å². The zero-order valence-corrected chi connectivity index (χ0v) is 29.9. The van der Waals surface area contributed by atoms with E-state index in [1.54, 1.807) is 0 Å². The Hall–Kier alpha value is -6.12. The van der Waals surface area contributed by atoms with Crippen LogP contribution in [0.2, 0.25) is 0 Å². The standard InChI is InChI=1S/C50H38N2/c1-49(2)42-22-13-23-43-48(42)52-46-40(27-34(28-44(46)49)39-21-12-17-32-15-10-11-20-38(32)39)41-29-37(30-45(47(41)52)50(43,3)4)51(35-18-6-5-7-19-35)36-25-24-31-14-8-9-16-33(31)26-36/h5-30H,1-4H3. The summed E-state index contributed by atoms with van der Waals surface area (Å²) in [5, 5.41) is 7.66. The van der Waals surface area contributed by atoms with Crippen molar-refractivity contribution in [1.82, 2.24) is 4.57 Å². The van der Waals surface area contributed by atoms with E-state index in [0.29, 0.717) is 0 Å². The van der Waals surface area contributed by atoms with E-state index in [9.17, 15) is 0 Å². The molecule has 0 amide bonds. The van der Waals surface area contributed by atoms with Gasteiger partial charge in [0.05, 0.1) is 16.7 Å². The number of hydrogen-bond acceptors (Lipinski definition) is 1. The molecule has 0 aliphatic carbocycles. The van der Waals surface area contributed by atoms with E-state index in [1.165, 1.54) is 88.1 Å². The predicted molar refractivity (Wildman–Crippen MR) is 220 cm³/mol. The van der Waals surface area contributed by atoms with Crippen LogP contribution < -0.4 is 4.90 Å². The normalized spacial score (nSPS) is 14.8. The van der Waals surface area contributed by atoms with Gasteiger partial charge < -0.3 is 9.47 Å². The first-order chi connectivity index (χ1) is 25.3. The summed E-state index contributed by atoms with van der Waals surface area (Å²) < 4.78 is 2.63. The van der Waals surface area contributed by atoms with Crippen molar-refractivity contribution in [3.05, 3.63) is 180 Å². The first-order valence-electron chi connectivity index (χ1n) is 18.4. The molecule has 3 heterocycles. The van der Waals surface area contributed by atoms with Crippen LogP contribution in [0.25, 0.3) is 60.2 Å². The second-order valence-corrected chi connectivity index (χ2v) is 15.8. The van der Waals surface area contributed by atoms with Crippen molar-refractivity contribution in [2.75, 3.05) is 4.90 Å². The molecule has 0 saturated carbocycles. The van der Waals surface area contributed by atoms with Crippen molar-refractivity contribution in [1.29, 1.82) is 0 Å². The highest BCUT2D eigenvalue weighted by molar-refractivity contribution is 6.17. The molecule has 248 valence electrons. The molecule has 0 saturated heterocycles. The molecule has 2 heteroatoms. The fourth-order valence-corrected chi connectivity index (χ4v) is 9.62. The van der Waals surface area contributed by atoms with E-state index in [4.69, 9.17) is 0 Å². The van der Waals surface area contributed by atoms with Crippen LogP contribution in [0.1, 0.15) is 49.9 Å². The lowest BCUT2D eigenvalue weighted by Gasteiger charge is -2.42. The van der Waals surface area contributed by atoms with Gasteiger partial charge in [0.25, 0.3) is 0 Å². The number of fused-ring (bicyclic) bond motifs is 3. The molecule has 0 spiro atoms. The molecular weight excluding hydrogens is 629 g/mol. The maximum absolute atomic E-state index is 2.63. The summed E-state index contributed by atoms with van der Waals surface area (Å²) in [6, 6.07) is 58.9. The molecule has 52 heavy (non-hydrogen) atoms. The van der Waals surface area contributed by atoms with Crippen molar-refractivity contribution in [2.24, 2.45) is 0 Å². The van der Waals surface area contributed by atoms with Crippen molar-refractivity contribution < 1.29 is 0 Å². The Kier molecular flexibility index (Phi) is 5.83. The first-order valence-corrected chi connectivity index (χ1v) is 18.4. The molecule has 2 aliphatic heterocycles. The Balaban J connectivity index is 1.29. The molecule has 0 bridgehead atoms. The smallest absolute Gasteiger partial charge is 0.0583 e. The summed E-state index contributed by atoms with van der Waals surface area (Å²) in [7, 11) is 0. The monoisotopic (exact) mass is 666 g/mol. The zero-order chi connectivity index (χ0) is 34.9. The Morgan fingerprint density at radius 2 is 1.02 bits per heavy atom. The summed E-state index contributed by atoms with van der Waals surface area (Å²) in [6.45, 7) is 9.71. The maximum Gasteiger partial charge on any atom is 0.0583 e. The molecule has 1 aromatic heterocycles. The lowest BCUT2D eigenvalue weighted by molar-refractivity contribution is 0.594. The summed E-state index contributed by atoms with van der Waals surface area (Å²) >= 11 is 0. The molecule has 0 radical (unpaired) electrons. The number of rotatable bonds is 4. The molecule has 0 N–H and O–H groups in total. The van der Waals surface area contributed by atoms with Gasteiger partial charge in [-0.05, 0) is 103 Å². The van der Waals surface area contributed by atoms with Gasteiger partial charge in [-0.1, -0.05) is 137 Å². The van der Waals surface area contributed by atoms with Crippen molar-refractivity contribution in [3.63, 3.8) is 0 Å². The Morgan fingerprint density at radius 3 is 1.79 bits per heavy atom. The molecule has 9 aromatic rings. The largest absolute Gasteiger partial charge is 0.310 e. The van der Waals surface area contributed by atoms with Gasteiger partial charge in [0.1, 0.15) is 0 Å². The van der Waals surface area contributed by atoms with E-state index < -0.39 is 0 Å². The Bertz CT molecular complexity index is 2950. The van der Waals surface area contributed by atoms with Crippen molar-refractivity contribution in [2.45, 2.75) is 38.5 Å². The first kappa shape index (κ1) is 29.6. The molecule has 2 nitrogen and oxygen atoms in total. The topological polar surface area (TPSA) is 8.17 Å². The average molecular weight is 667 g/mol. The summed E-state index contributed by atoms with van der Waals surface area (Å²) in [5.74, 6) is 0. The van der Waals surface area contributed by atoms with Crippen LogP contribution in [-0.4, -0.2) is 4.57 Å². The van der Waals surface area contributed by atoms with E-state index in [-0.39, 0.29) is 10.8 Å². The fraction of sp³-hybridized carbons (Fsp3) is 0.120. The maximum atomic E-state index is 2.63. The third-order valence-electron chi connectivity index (χ3n) is 12.3. The van der Waals surface area contributed by atoms with Crippen LogP contribution in [0, 0.1) is 0 Å². The number of para-hydroxylation sites is 2. The molecule has 8 aromatic carbocycles. The average Bonchev–Trinajstić information content (AvgIpc) is 3.50. The van der Waals surface area contributed by atoms with Crippen LogP contribution >= 0.6 is 0 Å². The number of aromatic nitrogens is 1. The number of benzene rings is 8. The predicted octanol–water partition coefficient (Wildman–Crippen LogP) is 13.5. The highest BCUT2D eigenvalue weighted by Crippen LogP contribution is 2.57. The summed E-state index contributed by atoms with van der Waals surface area (Å²) in [5.41, 5.74) is 15.2. The lowest BCUT2D eigenvalue weighted by atomic mass is 9.68. The van der Waals surface area contributed by atoms with Crippen molar-refractivity contribution >= 4 is 60.4 Å². The third kappa shape index (κ3) is 3.84. The summed E-state index contributed by atoms with van der Waals surface area (Å²) in [6.07, 6.45) is 0. The van der Waals surface area contributed by atoms with Gasteiger partial charge in [-0.3, -0.25) is 0 Å². The SMILES string of the molecule is CC1(C)c2cccc3c2-n2c4c1cc(-c1cccc5ccccc15)cc4c1cc(N(c4ccccc4)c4ccc5ccccc5c4)cc(c12)C3(C)C. The molecule has 11 rings (SSSR count). The number of anilines is 3. The second kappa shape index (κ2) is 10.2. The zero-order valence-electron chi connectivity index (χ0n) is 29.9. The summed E-state index contributed by atoms with van der Waals surface area (Å²) in [4.78, 5) is 2.45. The number of nitrogens with zero attached hydrogens (tertiary/aromatic N) is 2. The molecule has 0 unspecified atom stereocenters.